The Hall–Kier alpha value is -1.56. The van der Waals surface area contributed by atoms with E-state index in [0.717, 1.165) is 6.07 Å². The van der Waals surface area contributed by atoms with Gasteiger partial charge in [0.25, 0.3) is 0 Å². The van der Waals surface area contributed by atoms with E-state index in [0.29, 0.717) is 19.0 Å². The highest BCUT2D eigenvalue weighted by molar-refractivity contribution is 5.37. The molecule has 0 heterocycles. The van der Waals surface area contributed by atoms with Crippen molar-refractivity contribution < 1.29 is 13.7 Å². The highest BCUT2D eigenvalue weighted by atomic mass is 19.1. The van der Waals surface area contributed by atoms with Crippen LogP contribution in [0.2, 0.25) is 0 Å². The third-order valence-electron chi connectivity index (χ3n) is 2.39. The lowest BCUT2D eigenvalue weighted by Gasteiger charge is -2.11. The van der Waals surface area contributed by atoms with Gasteiger partial charge in [0.05, 0.1) is 11.0 Å². The molecule has 0 aliphatic carbocycles. The summed E-state index contributed by atoms with van der Waals surface area (Å²) in [6, 6.07) is 1.48. The highest BCUT2D eigenvalue weighted by Crippen LogP contribution is 2.27. The molecule has 16 heavy (non-hydrogen) atoms. The Balaban J connectivity index is 3.15. The van der Waals surface area contributed by atoms with Crippen LogP contribution in [-0.2, 0) is 0 Å². The van der Waals surface area contributed by atoms with Crippen LogP contribution in [-0.4, -0.2) is 11.5 Å². The summed E-state index contributed by atoms with van der Waals surface area (Å²) in [5.74, 6) is -2.06. The molecule has 0 saturated heterocycles. The molecule has 1 aromatic carbocycles. The Kier molecular flexibility index (Phi) is 3.89. The van der Waals surface area contributed by atoms with E-state index in [9.17, 15) is 18.9 Å². The second kappa shape index (κ2) is 4.98. The molecule has 0 aliphatic heterocycles. The van der Waals surface area contributed by atoms with Gasteiger partial charge in [-0.1, -0.05) is 6.92 Å². The van der Waals surface area contributed by atoms with Crippen molar-refractivity contribution in [2.45, 2.75) is 19.3 Å². The maximum atomic E-state index is 13.5. The number of nitro groups is 1. The lowest BCUT2D eigenvalue weighted by atomic mass is 9.97. The number of nitrogens with zero attached hydrogens (tertiary/aromatic N) is 1. The summed E-state index contributed by atoms with van der Waals surface area (Å²) in [5.41, 5.74) is 4.58. The molecule has 0 aromatic heterocycles. The summed E-state index contributed by atoms with van der Waals surface area (Å²) in [7, 11) is 0. The topological polar surface area (TPSA) is 69.2 Å². The molecule has 0 saturated carbocycles. The van der Waals surface area contributed by atoms with Gasteiger partial charge in [0, 0.05) is 0 Å². The summed E-state index contributed by atoms with van der Waals surface area (Å²) in [4.78, 5) is 9.41. The number of rotatable bonds is 4. The second-order valence-corrected chi connectivity index (χ2v) is 3.56. The zero-order valence-electron chi connectivity index (χ0n) is 8.74. The van der Waals surface area contributed by atoms with Gasteiger partial charge < -0.3 is 5.73 Å². The standard InChI is InChI=1S/C10H12F2N2O2/c1-6(2-3-13)7-4-9(12)10(14(15)16)5-8(7)11/h4-6H,2-3,13H2,1H3. The van der Waals surface area contributed by atoms with Crippen LogP contribution in [0.15, 0.2) is 12.1 Å². The van der Waals surface area contributed by atoms with Crippen LogP contribution >= 0.6 is 0 Å². The van der Waals surface area contributed by atoms with Crippen molar-refractivity contribution in [3.63, 3.8) is 0 Å². The van der Waals surface area contributed by atoms with Gasteiger partial charge in [-0.15, -0.1) is 0 Å². The largest absolute Gasteiger partial charge is 0.330 e. The molecule has 0 aliphatic rings. The van der Waals surface area contributed by atoms with E-state index in [1.54, 1.807) is 6.92 Å². The van der Waals surface area contributed by atoms with E-state index >= 15 is 0 Å². The summed E-state index contributed by atoms with van der Waals surface area (Å²) < 4.78 is 26.7. The lowest BCUT2D eigenvalue weighted by molar-refractivity contribution is -0.387. The molecule has 0 amide bonds. The SMILES string of the molecule is CC(CCN)c1cc(F)c([N+](=O)[O-])cc1F. The number of benzene rings is 1. The molecule has 1 atom stereocenters. The summed E-state index contributed by atoms with van der Waals surface area (Å²) >= 11 is 0. The van der Waals surface area contributed by atoms with Crippen molar-refractivity contribution in [2.75, 3.05) is 6.54 Å². The first kappa shape index (κ1) is 12.5. The lowest BCUT2D eigenvalue weighted by Crippen LogP contribution is -2.07. The van der Waals surface area contributed by atoms with Crippen LogP contribution in [0.5, 0.6) is 0 Å². The molecule has 1 unspecified atom stereocenters. The quantitative estimate of drug-likeness (QED) is 0.637. The maximum Gasteiger partial charge on any atom is 0.307 e. The minimum atomic E-state index is -1.02. The summed E-state index contributed by atoms with van der Waals surface area (Å²) in [6.07, 6.45) is 0.494. The molecule has 0 fully saturated rings. The van der Waals surface area contributed by atoms with E-state index < -0.39 is 22.2 Å². The molecular weight excluding hydrogens is 218 g/mol. The number of hydrogen-bond acceptors (Lipinski definition) is 3. The monoisotopic (exact) mass is 230 g/mol. The molecule has 1 aromatic rings. The van der Waals surface area contributed by atoms with Gasteiger partial charge in [0.1, 0.15) is 5.82 Å². The van der Waals surface area contributed by atoms with E-state index in [1.807, 2.05) is 0 Å². The minimum Gasteiger partial charge on any atom is -0.330 e. The van der Waals surface area contributed by atoms with Crippen molar-refractivity contribution in [3.8, 4) is 0 Å². The minimum absolute atomic E-state index is 0.119. The predicted octanol–water partition coefficient (Wildman–Crippen LogP) is 2.33. The molecule has 0 radical (unpaired) electrons. The Morgan fingerprint density at radius 2 is 2.06 bits per heavy atom. The first-order valence-corrected chi connectivity index (χ1v) is 4.80. The van der Waals surface area contributed by atoms with Crippen molar-refractivity contribution in [2.24, 2.45) is 5.73 Å². The fourth-order valence-corrected chi connectivity index (χ4v) is 1.47. The van der Waals surface area contributed by atoms with Crippen molar-refractivity contribution in [1.29, 1.82) is 0 Å². The van der Waals surface area contributed by atoms with Crippen LogP contribution in [0, 0.1) is 21.7 Å². The molecule has 0 spiro atoms. The van der Waals surface area contributed by atoms with Gasteiger partial charge in [-0.3, -0.25) is 10.1 Å². The Morgan fingerprint density at radius 1 is 1.44 bits per heavy atom. The number of halogens is 2. The predicted molar refractivity (Wildman–Crippen MR) is 55.1 cm³/mol. The van der Waals surface area contributed by atoms with Gasteiger partial charge in [-0.2, -0.15) is 4.39 Å². The number of nitrogens with two attached hydrogens (primary N) is 1. The summed E-state index contributed by atoms with van der Waals surface area (Å²) in [5, 5.41) is 10.4. The summed E-state index contributed by atoms with van der Waals surface area (Å²) in [6.45, 7) is 2.04. The fourth-order valence-electron chi connectivity index (χ4n) is 1.47. The second-order valence-electron chi connectivity index (χ2n) is 3.56. The van der Waals surface area contributed by atoms with Crippen LogP contribution in [0.4, 0.5) is 14.5 Å². The smallest absolute Gasteiger partial charge is 0.307 e. The Bertz CT molecular complexity index is 410. The molecule has 1 rings (SSSR count). The van der Waals surface area contributed by atoms with Gasteiger partial charge in [-0.05, 0) is 30.5 Å². The zero-order chi connectivity index (χ0) is 12.3. The average molecular weight is 230 g/mol. The van der Waals surface area contributed by atoms with Crippen LogP contribution < -0.4 is 5.73 Å². The Morgan fingerprint density at radius 3 is 2.56 bits per heavy atom. The van der Waals surface area contributed by atoms with Crippen molar-refractivity contribution in [1.82, 2.24) is 0 Å². The van der Waals surface area contributed by atoms with Gasteiger partial charge in [-0.25, -0.2) is 4.39 Å². The first-order chi connectivity index (χ1) is 7.47. The molecule has 4 nitrogen and oxygen atoms in total. The van der Waals surface area contributed by atoms with Gasteiger partial charge >= 0.3 is 5.69 Å². The van der Waals surface area contributed by atoms with Gasteiger partial charge in [0.2, 0.25) is 5.82 Å². The third kappa shape index (κ3) is 2.52. The molecule has 2 N–H and O–H groups in total. The molecule has 0 bridgehead atoms. The van der Waals surface area contributed by atoms with Crippen LogP contribution in [0.25, 0.3) is 0 Å². The Labute approximate surface area is 91.2 Å². The van der Waals surface area contributed by atoms with E-state index in [-0.39, 0.29) is 11.5 Å². The highest BCUT2D eigenvalue weighted by Gasteiger charge is 2.20. The van der Waals surface area contributed by atoms with E-state index in [2.05, 4.69) is 0 Å². The van der Waals surface area contributed by atoms with E-state index in [4.69, 9.17) is 5.73 Å². The molecule has 88 valence electrons. The fraction of sp³-hybridized carbons (Fsp3) is 0.400. The van der Waals surface area contributed by atoms with Crippen molar-refractivity contribution >= 4 is 5.69 Å². The molecular formula is C10H12F2N2O2. The van der Waals surface area contributed by atoms with Crippen LogP contribution in [0.3, 0.4) is 0 Å². The normalized spacial score (nSPS) is 12.5. The van der Waals surface area contributed by atoms with Crippen LogP contribution in [0.1, 0.15) is 24.8 Å². The average Bonchev–Trinajstić information content (AvgIpc) is 2.20. The third-order valence-corrected chi connectivity index (χ3v) is 2.39. The molecule has 6 heteroatoms. The van der Waals surface area contributed by atoms with E-state index in [1.165, 1.54) is 0 Å². The zero-order valence-corrected chi connectivity index (χ0v) is 8.74. The number of hydrogen-bond donors (Lipinski definition) is 1. The first-order valence-electron chi connectivity index (χ1n) is 4.80. The maximum absolute atomic E-state index is 13.5. The number of nitro benzene ring substituents is 1. The van der Waals surface area contributed by atoms with Crippen molar-refractivity contribution in [3.05, 3.63) is 39.4 Å². The van der Waals surface area contributed by atoms with Gasteiger partial charge in [0.15, 0.2) is 0 Å².